The first-order valence-electron chi connectivity index (χ1n) is 6.52. The minimum absolute atomic E-state index is 0.125. The van der Waals surface area contributed by atoms with Gasteiger partial charge in [-0.1, -0.05) is 48.5 Å². The van der Waals surface area contributed by atoms with Crippen molar-refractivity contribution in [3.8, 4) is 0 Å². The van der Waals surface area contributed by atoms with Crippen LogP contribution in [0, 0.1) is 0 Å². The topological polar surface area (TPSA) is 55.1 Å². The highest BCUT2D eigenvalue weighted by molar-refractivity contribution is 5.81. The highest BCUT2D eigenvalue weighted by Crippen LogP contribution is 2.22. The van der Waals surface area contributed by atoms with Crippen molar-refractivity contribution in [3.63, 3.8) is 0 Å². The Morgan fingerprint density at radius 1 is 1.05 bits per heavy atom. The van der Waals surface area contributed by atoms with Crippen LogP contribution >= 0.6 is 0 Å². The minimum atomic E-state index is -2.58. The van der Waals surface area contributed by atoms with Gasteiger partial charge in [0.25, 0.3) is 6.43 Å². The van der Waals surface area contributed by atoms with Crippen molar-refractivity contribution in [2.45, 2.75) is 19.0 Å². The van der Waals surface area contributed by atoms with Crippen LogP contribution in [-0.2, 0) is 11.3 Å². The van der Waals surface area contributed by atoms with E-state index in [4.69, 9.17) is 5.73 Å². The summed E-state index contributed by atoms with van der Waals surface area (Å²) in [6, 6.07) is 14.4. The summed E-state index contributed by atoms with van der Waals surface area (Å²) in [5.74, 6) is -0.600. The SMILES string of the molecule is NC(=O)C(NCc1ccccc1)c1cccc(C(F)F)c1. The number of nitrogens with one attached hydrogen (secondary N) is 1. The molecule has 0 aromatic heterocycles. The average molecular weight is 290 g/mol. The number of benzene rings is 2. The maximum Gasteiger partial charge on any atom is 0.263 e. The van der Waals surface area contributed by atoms with Crippen LogP contribution in [0.3, 0.4) is 0 Å². The molecule has 2 aromatic rings. The Hall–Kier alpha value is -2.27. The normalized spacial score (nSPS) is 12.3. The standard InChI is InChI=1S/C16H16F2N2O/c17-15(18)13-8-4-7-12(9-13)14(16(19)21)20-10-11-5-2-1-3-6-11/h1-9,14-15,20H,10H2,(H2,19,21). The molecule has 2 rings (SSSR count). The molecule has 3 nitrogen and oxygen atoms in total. The predicted molar refractivity (Wildman–Crippen MR) is 76.6 cm³/mol. The Morgan fingerprint density at radius 2 is 1.71 bits per heavy atom. The van der Waals surface area contributed by atoms with E-state index >= 15 is 0 Å². The predicted octanol–water partition coefficient (Wildman–Crippen LogP) is 2.94. The van der Waals surface area contributed by atoms with Crippen molar-refractivity contribution in [2.75, 3.05) is 0 Å². The lowest BCUT2D eigenvalue weighted by Gasteiger charge is -2.17. The van der Waals surface area contributed by atoms with E-state index in [9.17, 15) is 13.6 Å². The van der Waals surface area contributed by atoms with Gasteiger partial charge in [-0.05, 0) is 17.2 Å². The molecule has 0 bridgehead atoms. The zero-order chi connectivity index (χ0) is 15.2. The Balaban J connectivity index is 2.15. The molecule has 0 fully saturated rings. The summed E-state index contributed by atoms with van der Waals surface area (Å²) in [5.41, 5.74) is 6.67. The molecule has 0 saturated heterocycles. The second kappa shape index (κ2) is 6.95. The summed E-state index contributed by atoms with van der Waals surface area (Å²) in [6.07, 6.45) is -2.58. The number of nitrogens with two attached hydrogens (primary N) is 1. The molecule has 1 unspecified atom stereocenters. The third kappa shape index (κ3) is 4.10. The van der Waals surface area contributed by atoms with Gasteiger partial charge in [0, 0.05) is 12.1 Å². The van der Waals surface area contributed by atoms with Gasteiger partial charge in [0.05, 0.1) is 0 Å². The van der Waals surface area contributed by atoms with Gasteiger partial charge in [0.15, 0.2) is 0 Å². The van der Waals surface area contributed by atoms with E-state index in [2.05, 4.69) is 5.32 Å². The van der Waals surface area contributed by atoms with E-state index in [0.717, 1.165) is 5.56 Å². The molecule has 21 heavy (non-hydrogen) atoms. The van der Waals surface area contributed by atoms with Gasteiger partial charge >= 0.3 is 0 Å². The van der Waals surface area contributed by atoms with E-state index < -0.39 is 18.4 Å². The lowest BCUT2D eigenvalue weighted by Crippen LogP contribution is -2.33. The molecule has 0 aliphatic heterocycles. The Kier molecular flexibility index (Phi) is 5.00. The molecule has 0 spiro atoms. The molecule has 3 N–H and O–H groups in total. The molecule has 1 atom stereocenters. The summed E-state index contributed by atoms with van der Waals surface area (Å²) >= 11 is 0. The highest BCUT2D eigenvalue weighted by Gasteiger charge is 2.18. The fourth-order valence-corrected chi connectivity index (χ4v) is 2.07. The van der Waals surface area contributed by atoms with E-state index in [1.54, 1.807) is 6.07 Å². The highest BCUT2D eigenvalue weighted by atomic mass is 19.3. The molecular weight excluding hydrogens is 274 g/mol. The number of hydrogen-bond acceptors (Lipinski definition) is 2. The maximum absolute atomic E-state index is 12.7. The molecule has 0 heterocycles. The smallest absolute Gasteiger partial charge is 0.263 e. The van der Waals surface area contributed by atoms with Crippen molar-refractivity contribution in [1.29, 1.82) is 0 Å². The molecule has 110 valence electrons. The van der Waals surface area contributed by atoms with Crippen LogP contribution in [0.15, 0.2) is 54.6 Å². The van der Waals surface area contributed by atoms with Crippen molar-refractivity contribution >= 4 is 5.91 Å². The first kappa shape index (κ1) is 15.1. The monoisotopic (exact) mass is 290 g/mol. The van der Waals surface area contributed by atoms with Gasteiger partial charge < -0.3 is 5.73 Å². The molecule has 0 aliphatic carbocycles. The summed E-state index contributed by atoms with van der Waals surface area (Å²) in [7, 11) is 0. The quantitative estimate of drug-likeness (QED) is 0.859. The van der Waals surface area contributed by atoms with Gasteiger partial charge in [-0.25, -0.2) is 8.78 Å². The summed E-state index contributed by atoms with van der Waals surface area (Å²) in [4.78, 5) is 11.6. The number of hydrogen-bond donors (Lipinski definition) is 2. The van der Waals surface area contributed by atoms with E-state index in [-0.39, 0.29) is 5.56 Å². The molecular formula is C16H16F2N2O. The zero-order valence-corrected chi connectivity index (χ0v) is 11.3. The van der Waals surface area contributed by atoms with Gasteiger partial charge in [0.2, 0.25) is 5.91 Å². The van der Waals surface area contributed by atoms with E-state index in [0.29, 0.717) is 12.1 Å². The Morgan fingerprint density at radius 3 is 2.33 bits per heavy atom. The van der Waals surface area contributed by atoms with E-state index in [1.165, 1.54) is 18.2 Å². The molecule has 0 radical (unpaired) electrons. The lowest BCUT2D eigenvalue weighted by atomic mass is 10.0. The molecule has 5 heteroatoms. The van der Waals surface area contributed by atoms with Crippen molar-refractivity contribution < 1.29 is 13.6 Å². The van der Waals surface area contributed by atoms with Gasteiger partial charge in [-0.2, -0.15) is 0 Å². The number of amides is 1. The molecule has 2 aromatic carbocycles. The average Bonchev–Trinajstić information content (AvgIpc) is 2.48. The summed E-state index contributed by atoms with van der Waals surface area (Å²) < 4.78 is 25.5. The summed E-state index contributed by atoms with van der Waals surface area (Å²) in [6.45, 7) is 0.424. The van der Waals surface area contributed by atoms with Crippen molar-refractivity contribution in [3.05, 3.63) is 71.3 Å². The number of carbonyl (C=O) groups is 1. The number of alkyl halides is 2. The lowest BCUT2D eigenvalue weighted by molar-refractivity contribution is -0.120. The first-order chi connectivity index (χ1) is 10.1. The van der Waals surface area contributed by atoms with Crippen LogP contribution in [0.5, 0.6) is 0 Å². The third-order valence-electron chi connectivity index (χ3n) is 3.13. The van der Waals surface area contributed by atoms with Crippen LogP contribution in [-0.4, -0.2) is 5.91 Å². The zero-order valence-electron chi connectivity index (χ0n) is 11.3. The minimum Gasteiger partial charge on any atom is -0.368 e. The van der Waals surface area contributed by atoms with Gasteiger partial charge in [-0.15, -0.1) is 0 Å². The summed E-state index contributed by atoms with van der Waals surface area (Å²) in [5, 5.41) is 3.00. The fraction of sp³-hybridized carbons (Fsp3) is 0.188. The number of carbonyl (C=O) groups excluding carboxylic acids is 1. The van der Waals surface area contributed by atoms with Crippen LogP contribution in [0.1, 0.15) is 29.2 Å². The molecule has 1 amide bonds. The second-order valence-electron chi connectivity index (χ2n) is 4.67. The van der Waals surface area contributed by atoms with Crippen LogP contribution in [0.2, 0.25) is 0 Å². The van der Waals surface area contributed by atoms with Crippen LogP contribution in [0.4, 0.5) is 8.78 Å². The fourth-order valence-electron chi connectivity index (χ4n) is 2.07. The second-order valence-corrected chi connectivity index (χ2v) is 4.67. The maximum atomic E-state index is 12.7. The number of halogens is 2. The Labute approximate surface area is 121 Å². The number of rotatable bonds is 6. The van der Waals surface area contributed by atoms with Crippen molar-refractivity contribution in [2.24, 2.45) is 5.73 Å². The third-order valence-corrected chi connectivity index (χ3v) is 3.13. The van der Waals surface area contributed by atoms with Crippen LogP contribution in [0.25, 0.3) is 0 Å². The Bertz CT molecular complexity index is 602. The largest absolute Gasteiger partial charge is 0.368 e. The van der Waals surface area contributed by atoms with E-state index in [1.807, 2.05) is 30.3 Å². The van der Waals surface area contributed by atoms with Gasteiger partial charge in [-0.3, -0.25) is 10.1 Å². The first-order valence-corrected chi connectivity index (χ1v) is 6.52. The molecule has 0 aliphatic rings. The molecule has 0 saturated carbocycles. The van der Waals surface area contributed by atoms with Gasteiger partial charge in [0.1, 0.15) is 6.04 Å². The van der Waals surface area contributed by atoms with Crippen LogP contribution < -0.4 is 11.1 Å². The van der Waals surface area contributed by atoms with Crippen molar-refractivity contribution in [1.82, 2.24) is 5.32 Å². The number of primary amides is 1.